The van der Waals surface area contributed by atoms with Crippen LogP contribution in [0.1, 0.15) is 52.9 Å². The Labute approximate surface area is 119 Å². The number of likely N-dealkylation sites (tertiary alicyclic amines) is 1. The van der Waals surface area contributed by atoms with E-state index in [9.17, 15) is 14.4 Å². The van der Waals surface area contributed by atoms with Crippen LogP contribution in [0.25, 0.3) is 0 Å². The van der Waals surface area contributed by atoms with Gasteiger partial charge in [-0.1, -0.05) is 20.8 Å². The number of rotatable bonds is 4. The van der Waals surface area contributed by atoms with E-state index >= 15 is 0 Å². The SMILES string of the molecule is CC(C)(C)CC(CC(=O)O)N1C(=O)C2CCC(C2)C1=O. The van der Waals surface area contributed by atoms with Crippen LogP contribution in [0.15, 0.2) is 0 Å². The number of carboxylic acids is 1. The van der Waals surface area contributed by atoms with Crippen molar-refractivity contribution in [3.63, 3.8) is 0 Å². The fourth-order valence-electron chi connectivity index (χ4n) is 3.46. The van der Waals surface area contributed by atoms with Gasteiger partial charge in [0.15, 0.2) is 0 Å². The van der Waals surface area contributed by atoms with Crippen LogP contribution in [-0.2, 0) is 14.4 Å². The number of hydrogen-bond acceptors (Lipinski definition) is 3. The summed E-state index contributed by atoms with van der Waals surface area (Å²) in [7, 11) is 0. The number of piperidine rings is 1. The van der Waals surface area contributed by atoms with Crippen molar-refractivity contribution in [2.75, 3.05) is 0 Å². The van der Waals surface area contributed by atoms with Crippen LogP contribution in [0.3, 0.4) is 0 Å². The Hall–Kier alpha value is -1.39. The molecule has 5 nitrogen and oxygen atoms in total. The summed E-state index contributed by atoms with van der Waals surface area (Å²) < 4.78 is 0. The van der Waals surface area contributed by atoms with Gasteiger partial charge in [-0.25, -0.2) is 0 Å². The maximum absolute atomic E-state index is 12.4. The van der Waals surface area contributed by atoms with Crippen LogP contribution in [0.2, 0.25) is 0 Å². The zero-order valence-corrected chi connectivity index (χ0v) is 12.4. The molecule has 3 unspecified atom stereocenters. The van der Waals surface area contributed by atoms with Crippen LogP contribution < -0.4 is 0 Å². The molecule has 1 aliphatic carbocycles. The predicted molar refractivity (Wildman–Crippen MR) is 72.8 cm³/mol. The van der Waals surface area contributed by atoms with E-state index in [2.05, 4.69) is 0 Å². The molecule has 1 N–H and O–H groups in total. The number of carboxylic acid groups (broad SMARTS) is 1. The van der Waals surface area contributed by atoms with Gasteiger partial charge in [-0.05, 0) is 31.1 Å². The third-order valence-electron chi connectivity index (χ3n) is 4.23. The third kappa shape index (κ3) is 3.02. The average molecular weight is 281 g/mol. The van der Waals surface area contributed by atoms with Crippen LogP contribution in [-0.4, -0.2) is 33.8 Å². The number of aliphatic carboxylic acids is 1. The molecular formula is C15H23NO4. The summed E-state index contributed by atoms with van der Waals surface area (Å²) >= 11 is 0. The largest absolute Gasteiger partial charge is 0.481 e. The van der Waals surface area contributed by atoms with E-state index in [4.69, 9.17) is 5.11 Å². The lowest BCUT2D eigenvalue weighted by molar-refractivity contribution is -0.157. The summed E-state index contributed by atoms with van der Waals surface area (Å²) in [6.07, 6.45) is 2.55. The molecule has 1 heterocycles. The van der Waals surface area contributed by atoms with Gasteiger partial charge in [0.25, 0.3) is 0 Å². The lowest BCUT2D eigenvalue weighted by Crippen LogP contribution is -2.53. The Morgan fingerprint density at radius 1 is 1.25 bits per heavy atom. The number of fused-ring (bicyclic) bond motifs is 2. The second-order valence-corrected chi connectivity index (χ2v) is 7.27. The molecule has 1 saturated carbocycles. The molecule has 2 fully saturated rings. The Kier molecular flexibility index (Phi) is 3.89. The van der Waals surface area contributed by atoms with Crippen LogP contribution in [0.5, 0.6) is 0 Å². The topological polar surface area (TPSA) is 74.7 Å². The molecule has 2 amide bonds. The third-order valence-corrected chi connectivity index (χ3v) is 4.23. The summed E-state index contributed by atoms with van der Waals surface area (Å²) in [6, 6.07) is -0.518. The predicted octanol–water partition coefficient (Wildman–Crippen LogP) is 2.05. The quantitative estimate of drug-likeness (QED) is 0.800. The molecule has 2 bridgehead atoms. The van der Waals surface area contributed by atoms with Crippen molar-refractivity contribution in [3.8, 4) is 0 Å². The van der Waals surface area contributed by atoms with Gasteiger partial charge in [-0.15, -0.1) is 0 Å². The molecule has 5 heteroatoms. The van der Waals surface area contributed by atoms with Crippen molar-refractivity contribution in [1.29, 1.82) is 0 Å². The molecule has 0 spiro atoms. The normalized spacial score (nSPS) is 27.9. The summed E-state index contributed by atoms with van der Waals surface area (Å²) in [5.41, 5.74) is -0.128. The average Bonchev–Trinajstić information content (AvgIpc) is 2.70. The number of carbonyl (C=O) groups excluding carboxylic acids is 2. The van der Waals surface area contributed by atoms with Gasteiger partial charge in [0, 0.05) is 11.8 Å². The molecule has 1 saturated heterocycles. The molecule has 20 heavy (non-hydrogen) atoms. The lowest BCUT2D eigenvalue weighted by atomic mass is 9.84. The van der Waals surface area contributed by atoms with E-state index in [0.717, 1.165) is 12.8 Å². The van der Waals surface area contributed by atoms with E-state index in [1.807, 2.05) is 20.8 Å². The van der Waals surface area contributed by atoms with E-state index in [0.29, 0.717) is 12.8 Å². The van der Waals surface area contributed by atoms with Gasteiger partial charge >= 0.3 is 5.97 Å². The molecule has 0 aromatic heterocycles. The fourth-order valence-corrected chi connectivity index (χ4v) is 3.46. The first-order chi connectivity index (χ1) is 9.19. The van der Waals surface area contributed by atoms with Crippen LogP contribution in [0.4, 0.5) is 0 Å². The Balaban J connectivity index is 2.24. The van der Waals surface area contributed by atoms with Crippen molar-refractivity contribution in [2.24, 2.45) is 17.3 Å². The Morgan fingerprint density at radius 2 is 1.75 bits per heavy atom. The molecule has 2 aliphatic rings. The first-order valence-corrected chi connectivity index (χ1v) is 7.28. The minimum Gasteiger partial charge on any atom is -0.481 e. The molecule has 0 radical (unpaired) electrons. The van der Waals surface area contributed by atoms with Crippen molar-refractivity contribution < 1.29 is 19.5 Å². The van der Waals surface area contributed by atoms with Crippen LogP contribution >= 0.6 is 0 Å². The summed E-state index contributed by atoms with van der Waals surface area (Å²) in [5.74, 6) is -1.42. The van der Waals surface area contributed by atoms with Crippen molar-refractivity contribution in [3.05, 3.63) is 0 Å². The summed E-state index contributed by atoms with van der Waals surface area (Å²) in [4.78, 5) is 37.2. The first-order valence-electron chi connectivity index (χ1n) is 7.28. The van der Waals surface area contributed by atoms with E-state index < -0.39 is 12.0 Å². The second-order valence-electron chi connectivity index (χ2n) is 7.27. The molecule has 2 rings (SSSR count). The van der Waals surface area contributed by atoms with E-state index in [1.54, 1.807) is 0 Å². The molecule has 0 aromatic rings. The number of amides is 2. The number of carbonyl (C=O) groups is 3. The smallest absolute Gasteiger partial charge is 0.305 e. The zero-order valence-electron chi connectivity index (χ0n) is 12.4. The highest BCUT2D eigenvalue weighted by Crippen LogP contribution is 2.40. The minimum atomic E-state index is -0.960. The Morgan fingerprint density at radius 3 is 2.15 bits per heavy atom. The van der Waals surface area contributed by atoms with Crippen LogP contribution in [0, 0.1) is 17.3 Å². The molecule has 3 atom stereocenters. The highest BCUT2D eigenvalue weighted by Gasteiger charge is 2.48. The standard InChI is InChI=1S/C15H23NO4/c1-15(2,3)8-11(7-12(17)18)16-13(19)9-4-5-10(6-9)14(16)20/h9-11H,4-8H2,1-3H3,(H,17,18). The Bertz CT molecular complexity index is 416. The van der Waals surface area contributed by atoms with Crippen molar-refractivity contribution >= 4 is 17.8 Å². The van der Waals surface area contributed by atoms with Crippen molar-refractivity contribution in [2.45, 2.75) is 58.9 Å². The van der Waals surface area contributed by atoms with E-state index in [-0.39, 0.29) is 35.5 Å². The highest BCUT2D eigenvalue weighted by atomic mass is 16.4. The second kappa shape index (κ2) is 5.19. The van der Waals surface area contributed by atoms with Gasteiger partial charge < -0.3 is 5.11 Å². The maximum Gasteiger partial charge on any atom is 0.305 e. The fraction of sp³-hybridized carbons (Fsp3) is 0.800. The van der Waals surface area contributed by atoms with Gasteiger partial charge in [-0.3, -0.25) is 19.3 Å². The molecule has 1 aliphatic heterocycles. The van der Waals surface area contributed by atoms with Gasteiger partial charge in [-0.2, -0.15) is 0 Å². The molecule has 112 valence electrons. The number of nitrogens with zero attached hydrogens (tertiary/aromatic N) is 1. The maximum atomic E-state index is 12.4. The zero-order chi connectivity index (χ0) is 15.1. The highest BCUT2D eigenvalue weighted by molar-refractivity contribution is 6.01. The lowest BCUT2D eigenvalue weighted by Gasteiger charge is -2.38. The molecular weight excluding hydrogens is 258 g/mol. The summed E-state index contributed by atoms with van der Waals surface area (Å²) in [6.45, 7) is 5.99. The first kappa shape index (κ1) is 15.0. The summed E-state index contributed by atoms with van der Waals surface area (Å²) in [5, 5.41) is 9.08. The van der Waals surface area contributed by atoms with Gasteiger partial charge in [0.05, 0.1) is 12.5 Å². The van der Waals surface area contributed by atoms with Gasteiger partial charge in [0.2, 0.25) is 11.8 Å². The molecule has 0 aromatic carbocycles. The number of imide groups is 1. The van der Waals surface area contributed by atoms with Crippen molar-refractivity contribution in [1.82, 2.24) is 4.90 Å². The van der Waals surface area contributed by atoms with E-state index in [1.165, 1.54) is 4.90 Å². The number of hydrogen-bond donors (Lipinski definition) is 1. The monoisotopic (exact) mass is 281 g/mol. The minimum absolute atomic E-state index is 0.0750. The van der Waals surface area contributed by atoms with Gasteiger partial charge in [0.1, 0.15) is 0 Å².